The molecule has 0 saturated carbocycles. The Bertz CT molecular complexity index is 295. The second kappa shape index (κ2) is 5.77. The van der Waals surface area contributed by atoms with Crippen molar-refractivity contribution in [3.8, 4) is 0 Å². The van der Waals surface area contributed by atoms with E-state index in [4.69, 9.17) is 10.5 Å². The van der Waals surface area contributed by atoms with Gasteiger partial charge in [0, 0.05) is 13.0 Å². The molecule has 0 aromatic carbocycles. The van der Waals surface area contributed by atoms with Crippen molar-refractivity contribution in [2.24, 2.45) is 0 Å². The SMILES string of the molecule is CCOCCc1nc(N)nc(SC)n1. The van der Waals surface area contributed by atoms with Crippen molar-refractivity contribution < 1.29 is 4.74 Å². The predicted molar refractivity (Wildman–Crippen MR) is 56.2 cm³/mol. The maximum atomic E-state index is 5.52. The Hall–Kier alpha value is -0.880. The number of rotatable bonds is 5. The first-order valence-corrected chi connectivity index (χ1v) is 5.61. The van der Waals surface area contributed by atoms with E-state index >= 15 is 0 Å². The molecule has 2 N–H and O–H groups in total. The average molecular weight is 214 g/mol. The lowest BCUT2D eigenvalue weighted by atomic mass is 10.4. The molecule has 0 saturated heterocycles. The van der Waals surface area contributed by atoms with E-state index in [2.05, 4.69) is 15.0 Å². The Morgan fingerprint density at radius 1 is 1.36 bits per heavy atom. The quantitative estimate of drug-likeness (QED) is 0.576. The van der Waals surface area contributed by atoms with Gasteiger partial charge in [0.2, 0.25) is 5.95 Å². The van der Waals surface area contributed by atoms with Crippen molar-refractivity contribution in [1.82, 2.24) is 15.0 Å². The average Bonchev–Trinajstić information content (AvgIpc) is 2.17. The van der Waals surface area contributed by atoms with Gasteiger partial charge < -0.3 is 10.5 Å². The smallest absolute Gasteiger partial charge is 0.224 e. The number of nitrogens with two attached hydrogens (primary N) is 1. The molecule has 0 atom stereocenters. The normalized spacial score (nSPS) is 10.4. The molecule has 0 aliphatic carbocycles. The molecule has 1 rings (SSSR count). The number of nitrogens with zero attached hydrogens (tertiary/aromatic N) is 3. The topological polar surface area (TPSA) is 73.9 Å². The van der Waals surface area contributed by atoms with Gasteiger partial charge in [-0.1, -0.05) is 11.8 Å². The molecule has 1 aromatic rings. The van der Waals surface area contributed by atoms with Crippen molar-refractivity contribution in [2.45, 2.75) is 18.5 Å². The summed E-state index contributed by atoms with van der Waals surface area (Å²) in [6, 6.07) is 0. The number of hydrogen-bond acceptors (Lipinski definition) is 6. The van der Waals surface area contributed by atoms with Crippen molar-refractivity contribution in [1.29, 1.82) is 0 Å². The molecule has 6 heteroatoms. The van der Waals surface area contributed by atoms with Gasteiger partial charge in [-0.2, -0.15) is 9.97 Å². The fraction of sp³-hybridized carbons (Fsp3) is 0.625. The summed E-state index contributed by atoms with van der Waals surface area (Å²) in [7, 11) is 0. The highest BCUT2D eigenvalue weighted by atomic mass is 32.2. The first-order valence-electron chi connectivity index (χ1n) is 4.38. The third kappa shape index (κ3) is 3.47. The van der Waals surface area contributed by atoms with Gasteiger partial charge in [-0.15, -0.1) is 0 Å². The molecule has 14 heavy (non-hydrogen) atoms. The predicted octanol–water partition coefficient (Wildman–Crippen LogP) is 0.755. The van der Waals surface area contributed by atoms with Crippen LogP contribution in [0, 0.1) is 0 Å². The largest absolute Gasteiger partial charge is 0.381 e. The number of anilines is 1. The second-order valence-electron chi connectivity index (χ2n) is 2.54. The lowest BCUT2D eigenvalue weighted by Crippen LogP contribution is -2.07. The molecule has 78 valence electrons. The summed E-state index contributed by atoms with van der Waals surface area (Å²) in [5.74, 6) is 0.964. The Balaban J connectivity index is 2.62. The summed E-state index contributed by atoms with van der Waals surface area (Å²) in [6.07, 6.45) is 2.58. The Labute approximate surface area is 87.5 Å². The number of thioether (sulfide) groups is 1. The molecule has 0 radical (unpaired) electrons. The zero-order chi connectivity index (χ0) is 10.4. The van der Waals surface area contributed by atoms with E-state index in [1.807, 2.05) is 13.2 Å². The van der Waals surface area contributed by atoms with Crippen LogP contribution in [0.2, 0.25) is 0 Å². The lowest BCUT2D eigenvalue weighted by Gasteiger charge is -2.02. The second-order valence-corrected chi connectivity index (χ2v) is 3.32. The third-order valence-electron chi connectivity index (χ3n) is 1.54. The zero-order valence-electron chi connectivity index (χ0n) is 8.36. The Morgan fingerprint density at radius 2 is 2.14 bits per heavy atom. The van der Waals surface area contributed by atoms with E-state index in [0.717, 1.165) is 0 Å². The molecule has 0 aliphatic rings. The maximum Gasteiger partial charge on any atom is 0.224 e. The number of aromatic nitrogens is 3. The van der Waals surface area contributed by atoms with Crippen molar-refractivity contribution in [2.75, 3.05) is 25.2 Å². The molecular formula is C8H14N4OS. The molecule has 1 aromatic heterocycles. The Kier molecular flexibility index (Phi) is 4.61. The van der Waals surface area contributed by atoms with Gasteiger partial charge in [0.15, 0.2) is 5.16 Å². The van der Waals surface area contributed by atoms with Gasteiger partial charge in [0.1, 0.15) is 5.82 Å². The molecule has 0 amide bonds. The summed E-state index contributed by atoms with van der Waals surface area (Å²) in [4.78, 5) is 12.2. The van der Waals surface area contributed by atoms with Crippen molar-refractivity contribution >= 4 is 17.7 Å². The highest BCUT2D eigenvalue weighted by Crippen LogP contribution is 2.09. The monoisotopic (exact) mass is 214 g/mol. The summed E-state index contributed by atoms with van der Waals surface area (Å²) in [5.41, 5.74) is 5.52. The first-order chi connectivity index (χ1) is 6.76. The first kappa shape index (κ1) is 11.2. The zero-order valence-corrected chi connectivity index (χ0v) is 9.17. The molecular weight excluding hydrogens is 200 g/mol. The van der Waals surface area contributed by atoms with Crippen LogP contribution < -0.4 is 5.73 Å². The van der Waals surface area contributed by atoms with Crippen LogP contribution in [0.25, 0.3) is 0 Å². The molecule has 0 unspecified atom stereocenters. The molecule has 0 bridgehead atoms. The minimum Gasteiger partial charge on any atom is -0.381 e. The maximum absolute atomic E-state index is 5.52. The van der Waals surface area contributed by atoms with E-state index in [9.17, 15) is 0 Å². The summed E-state index contributed by atoms with van der Waals surface area (Å²) in [5, 5.41) is 0.656. The minimum absolute atomic E-state index is 0.274. The lowest BCUT2D eigenvalue weighted by molar-refractivity contribution is 0.149. The minimum atomic E-state index is 0.274. The van der Waals surface area contributed by atoms with Crippen LogP contribution in [-0.4, -0.2) is 34.4 Å². The fourth-order valence-electron chi connectivity index (χ4n) is 0.927. The standard InChI is InChI=1S/C8H14N4OS/c1-3-13-5-4-6-10-7(9)12-8(11-6)14-2/h3-5H2,1-2H3,(H2,9,10,11,12). The van der Waals surface area contributed by atoms with Crippen LogP contribution in [0.3, 0.4) is 0 Å². The summed E-state index contributed by atoms with van der Waals surface area (Å²) in [6.45, 7) is 3.28. The van der Waals surface area contributed by atoms with Crippen LogP contribution >= 0.6 is 11.8 Å². The van der Waals surface area contributed by atoms with Crippen LogP contribution in [0.15, 0.2) is 5.16 Å². The highest BCUT2D eigenvalue weighted by molar-refractivity contribution is 7.98. The molecule has 0 aliphatic heterocycles. The van der Waals surface area contributed by atoms with Gasteiger partial charge in [0.25, 0.3) is 0 Å². The Morgan fingerprint density at radius 3 is 2.79 bits per heavy atom. The van der Waals surface area contributed by atoms with E-state index in [1.165, 1.54) is 11.8 Å². The fourth-order valence-corrected chi connectivity index (χ4v) is 1.31. The summed E-state index contributed by atoms with van der Waals surface area (Å²) >= 11 is 1.45. The van der Waals surface area contributed by atoms with Gasteiger partial charge in [-0.3, -0.25) is 0 Å². The number of nitrogen functional groups attached to an aromatic ring is 1. The van der Waals surface area contributed by atoms with E-state index in [0.29, 0.717) is 30.6 Å². The molecule has 1 heterocycles. The van der Waals surface area contributed by atoms with Crippen LogP contribution in [0.5, 0.6) is 0 Å². The van der Waals surface area contributed by atoms with Gasteiger partial charge in [0.05, 0.1) is 6.61 Å². The molecule has 0 spiro atoms. The van der Waals surface area contributed by atoms with Gasteiger partial charge in [-0.05, 0) is 13.2 Å². The summed E-state index contributed by atoms with van der Waals surface area (Å²) < 4.78 is 5.20. The van der Waals surface area contributed by atoms with E-state index < -0.39 is 0 Å². The molecule has 5 nitrogen and oxygen atoms in total. The van der Waals surface area contributed by atoms with Crippen molar-refractivity contribution in [3.63, 3.8) is 0 Å². The molecule has 0 fully saturated rings. The van der Waals surface area contributed by atoms with Gasteiger partial charge >= 0.3 is 0 Å². The number of hydrogen-bond donors (Lipinski definition) is 1. The van der Waals surface area contributed by atoms with E-state index in [-0.39, 0.29) is 5.95 Å². The van der Waals surface area contributed by atoms with E-state index in [1.54, 1.807) is 0 Å². The third-order valence-corrected chi connectivity index (χ3v) is 2.08. The highest BCUT2D eigenvalue weighted by Gasteiger charge is 2.02. The number of ether oxygens (including phenoxy) is 1. The van der Waals surface area contributed by atoms with Crippen LogP contribution in [0.1, 0.15) is 12.7 Å². The van der Waals surface area contributed by atoms with Gasteiger partial charge in [-0.25, -0.2) is 4.98 Å². The van der Waals surface area contributed by atoms with Crippen LogP contribution in [-0.2, 0) is 11.2 Å². The van der Waals surface area contributed by atoms with Crippen LogP contribution in [0.4, 0.5) is 5.95 Å². The van der Waals surface area contributed by atoms with Crippen molar-refractivity contribution in [3.05, 3.63) is 5.82 Å².